The number of anilines is 1. The van der Waals surface area contributed by atoms with Gasteiger partial charge in [0.1, 0.15) is 5.82 Å². The van der Waals surface area contributed by atoms with E-state index in [1.165, 1.54) is 0 Å². The molecule has 0 saturated heterocycles. The van der Waals surface area contributed by atoms with Crippen molar-refractivity contribution in [1.82, 2.24) is 4.98 Å². The van der Waals surface area contributed by atoms with E-state index in [0.29, 0.717) is 18.6 Å². The van der Waals surface area contributed by atoms with Gasteiger partial charge in [0, 0.05) is 13.3 Å². The molecular formula is C11H18N2O. The first-order valence-corrected chi connectivity index (χ1v) is 4.90. The number of hydrogen-bond donors (Lipinski definition) is 1. The number of rotatable bonds is 5. The molecule has 1 aromatic heterocycles. The molecule has 0 fully saturated rings. The van der Waals surface area contributed by atoms with Crippen LogP contribution in [-0.2, 0) is 4.74 Å². The van der Waals surface area contributed by atoms with Crippen LogP contribution in [0.3, 0.4) is 0 Å². The van der Waals surface area contributed by atoms with Crippen molar-refractivity contribution in [3.05, 3.63) is 24.4 Å². The average molecular weight is 194 g/mol. The fourth-order valence-electron chi connectivity index (χ4n) is 1.22. The number of aromatic nitrogens is 1. The Morgan fingerprint density at radius 3 is 2.71 bits per heavy atom. The van der Waals surface area contributed by atoms with Crippen LogP contribution in [0.15, 0.2) is 24.4 Å². The lowest BCUT2D eigenvalue weighted by Crippen LogP contribution is -2.30. The third kappa shape index (κ3) is 3.34. The van der Waals surface area contributed by atoms with Gasteiger partial charge in [0.25, 0.3) is 0 Å². The highest BCUT2D eigenvalue weighted by Gasteiger charge is 2.12. The minimum atomic E-state index is 0.315. The number of methoxy groups -OCH3 is 1. The zero-order valence-corrected chi connectivity index (χ0v) is 9.03. The summed E-state index contributed by atoms with van der Waals surface area (Å²) in [6, 6.07) is 6.16. The van der Waals surface area contributed by atoms with Gasteiger partial charge in [-0.25, -0.2) is 4.98 Å². The molecule has 1 N–H and O–H groups in total. The second-order valence-corrected chi connectivity index (χ2v) is 3.67. The fraction of sp³-hybridized carbons (Fsp3) is 0.545. The van der Waals surface area contributed by atoms with Gasteiger partial charge in [-0.2, -0.15) is 0 Å². The van der Waals surface area contributed by atoms with Crippen LogP contribution >= 0.6 is 0 Å². The zero-order chi connectivity index (χ0) is 10.4. The first kappa shape index (κ1) is 11.0. The smallest absolute Gasteiger partial charge is 0.126 e. The molecule has 0 aromatic carbocycles. The Bertz CT molecular complexity index is 249. The Morgan fingerprint density at radius 1 is 1.43 bits per heavy atom. The van der Waals surface area contributed by atoms with E-state index in [4.69, 9.17) is 4.74 Å². The highest BCUT2D eigenvalue weighted by atomic mass is 16.5. The Kier molecular flexibility index (Phi) is 4.40. The van der Waals surface area contributed by atoms with Crippen LogP contribution in [0.5, 0.6) is 0 Å². The quantitative estimate of drug-likeness (QED) is 0.780. The fourth-order valence-corrected chi connectivity index (χ4v) is 1.22. The van der Waals surface area contributed by atoms with Gasteiger partial charge in [0.2, 0.25) is 0 Å². The molecule has 0 aliphatic rings. The molecule has 0 amide bonds. The molecule has 3 heteroatoms. The average Bonchev–Trinajstić information content (AvgIpc) is 2.18. The molecule has 1 heterocycles. The van der Waals surface area contributed by atoms with E-state index in [1.807, 2.05) is 18.2 Å². The largest absolute Gasteiger partial charge is 0.383 e. The molecule has 1 atom stereocenters. The van der Waals surface area contributed by atoms with Crippen molar-refractivity contribution in [3.8, 4) is 0 Å². The molecule has 0 bridgehead atoms. The minimum Gasteiger partial charge on any atom is -0.383 e. The van der Waals surface area contributed by atoms with Gasteiger partial charge in [-0.05, 0) is 18.1 Å². The summed E-state index contributed by atoms with van der Waals surface area (Å²) >= 11 is 0. The molecule has 14 heavy (non-hydrogen) atoms. The van der Waals surface area contributed by atoms with Gasteiger partial charge in [0.15, 0.2) is 0 Å². The Hall–Kier alpha value is -1.09. The molecule has 0 radical (unpaired) electrons. The van der Waals surface area contributed by atoms with E-state index in [-0.39, 0.29) is 0 Å². The van der Waals surface area contributed by atoms with Crippen molar-refractivity contribution in [1.29, 1.82) is 0 Å². The number of nitrogens with one attached hydrogen (secondary N) is 1. The summed E-state index contributed by atoms with van der Waals surface area (Å²) in [7, 11) is 1.72. The molecule has 0 aliphatic carbocycles. The predicted molar refractivity (Wildman–Crippen MR) is 58.4 cm³/mol. The van der Waals surface area contributed by atoms with Crippen LogP contribution < -0.4 is 5.32 Å². The number of hydrogen-bond acceptors (Lipinski definition) is 3. The summed E-state index contributed by atoms with van der Waals surface area (Å²) in [5, 5.41) is 3.34. The number of ether oxygens (including phenoxy) is 1. The lowest BCUT2D eigenvalue weighted by atomic mass is 10.1. The monoisotopic (exact) mass is 194 g/mol. The predicted octanol–water partition coefficient (Wildman–Crippen LogP) is 2.16. The number of pyridine rings is 1. The zero-order valence-electron chi connectivity index (χ0n) is 9.03. The summed E-state index contributed by atoms with van der Waals surface area (Å²) in [6.07, 6.45) is 1.78. The Balaban J connectivity index is 2.55. The van der Waals surface area contributed by atoms with E-state index in [2.05, 4.69) is 24.1 Å². The molecule has 1 rings (SSSR count). The van der Waals surface area contributed by atoms with Crippen LogP contribution in [0.2, 0.25) is 0 Å². The van der Waals surface area contributed by atoms with Gasteiger partial charge < -0.3 is 10.1 Å². The molecule has 78 valence electrons. The summed E-state index contributed by atoms with van der Waals surface area (Å²) < 4.78 is 5.15. The van der Waals surface area contributed by atoms with E-state index in [1.54, 1.807) is 13.3 Å². The third-order valence-corrected chi connectivity index (χ3v) is 2.15. The Labute approximate surface area is 85.5 Å². The highest BCUT2D eigenvalue weighted by molar-refractivity contribution is 5.34. The molecule has 0 saturated carbocycles. The van der Waals surface area contributed by atoms with Crippen molar-refractivity contribution in [2.75, 3.05) is 19.0 Å². The summed E-state index contributed by atoms with van der Waals surface area (Å²) in [5.41, 5.74) is 0. The maximum Gasteiger partial charge on any atom is 0.126 e. The van der Waals surface area contributed by atoms with E-state index < -0.39 is 0 Å². The van der Waals surface area contributed by atoms with Crippen LogP contribution in [0.4, 0.5) is 5.82 Å². The van der Waals surface area contributed by atoms with Gasteiger partial charge in [-0.15, -0.1) is 0 Å². The lowest BCUT2D eigenvalue weighted by molar-refractivity contribution is 0.171. The van der Waals surface area contributed by atoms with Crippen molar-refractivity contribution in [2.45, 2.75) is 19.9 Å². The van der Waals surface area contributed by atoms with Crippen molar-refractivity contribution in [2.24, 2.45) is 5.92 Å². The molecular weight excluding hydrogens is 176 g/mol. The molecule has 0 spiro atoms. The van der Waals surface area contributed by atoms with Gasteiger partial charge in [-0.3, -0.25) is 0 Å². The number of nitrogens with zero attached hydrogens (tertiary/aromatic N) is 1. The van der Waals surface area contributed by atoms with Gasteiger partial charge in [0.05, 0.1) is 12.6 Å². The maximum atomic E-state index is 5.15. The van der Waals surface area contributed by atoms with Crippen LogP contribution in [0.1, 0.15) is 13.8 Å². The SMILES string of the molecule is COCC(Nc1ccccn1)C(C)C. The van der Waals surface area contributed by atoms with Crippen molar-refractivity contribution in [3.63, 3.8) is 0 Å². The topological polar surface area (TPSA) is 34.1 Å². The lowest BCUT2D eigenvalue weighted by Gasteiger charge is -2.21. The highest BCUT2D eigenvalue weighted by Crippen LogP contribution is 2.09. The molecule has 1 aromatic rings. The second kappa shape index (κ2) is 5.60. The van der Waals surface area contributed by atoms with E-state index in [9.17, 15) is 0 Å². The Morgan fingerprint density at radius 2 is 2.21 bits per heavy atom. The first-order valence-electron chi connectivity index (χ1n) is 4.90. The van der Waals surface area contributed by atoms with Crippen LogP contribution in [-0.4, -0.2) is 24.7 Å². The molecule has 3 nitrogen and oxygen atoms in total. The summed E-state index contributed by atoms with van der Waals surface area (Å²) in [6.45, 7) is 5.04. The first-order chi connectivity index (χ1) is 6.74. The third-order valence-electron chi connectivity index (χ3n) is 2.15. The standard InChI is InChI=1S/C11H18N2O/c1-9(2)10(8-14-3)13-11-6-4-5-7-12-11/h4-7,9-10H,8H2,1-3H3,(H,12,13). The van der Waals surface area contributed by atoms with Crippen molar-refractivity contribution >= 4 is 5.82 Å². The van der Waals surface area contributed by atoms with Gasteiger partial charge in [-0.1, -0.05) is 19.9 Å². The van der Waals surface area contributed by atoms with E-state index >= 15 is 0 Å². The molecule has 1 unspecified atom stereocenters. The van der Waals surface area contributed by atoms with Crippen LogP contribution in [0.25, 0.3) is 0 Å². The normalized spacial score (nSPS) is 12.9. The minimum absolute atomic E-state index is 0.315. The molecule has 0 aliphatic heterocycles. The van der Waals surface area contributed by atoms with Crippen LogP contribution in [0, 0.1) is 5.92 Å². The summed E-state index contributed by atoms with van der Waals surface area (Å²) in [4.78, 5) is 4.22. The van der Waals surface area contributed by atoms with E-state index in [0.717, 1.165) is 5.82 Å². The van der Waals surface area contributed by atoms with Crippen molar-refractivity contribution < 1.29 is 4.74 Å². The second-order valence-electron chi connectivity index (χ2n) is 3.67. The maximum absolute atomic E-state index is 5.15. The summed E-state index contributed by atoms with van der Waals surface area (Å²) in [5.74, 6) is 1.43. The van der Waals surface area contributed by atoms with Gasteiger partial charge >= 0.3 is 0 Å².